The number of alkyl halides is 6. The lowest BCUT2D eigenvalue weighted by molar-refractivity contribution is -0.139. The number of carbonyl (C=O) groups is 1. The third-order valence-electron chi connectivity index (χ3n) is 4.92. The molecule has 10 heteroatoms. The SMILES string of the molecule is O=C(NC1=CCCC=C1C(F)(F)F)N1CCC(Oc2ccccc2C(F)(F)F)CC1. The van der Waals surface area contributed by atoms with E-state index in [1.807, 2.05) is 0 Å². The lowest BCUT2D eigenvalue weighted by atomic mass is 10.0. The first-order valence-corrected chi connectivity index (χ1v) is 9.42. The zero-order valence-corrected chi connectivity index (χ0v) is 15.8. The Hall–Kier alpha value is -2.65. The number of nitrogens with zero attached hydrogens (tertiary/aromatic N) is 1. The number of hydrogen-bond acceptors (Lipinski definition) is 2. The number of piperidine rings is 1. The number of rotatable bonds is 3. The first-order valence-electron chi connectivity index (χ1n) is 9.42. The maximum Gasteiger partial charge on any atom is 0.419 e. The standard InChI is InChI=1S/C20H20F6N2O2/c21-19(22,23)14-5-1-3-7-16(14)27-18(29)28-11-9-13(10-12-28)30-17-8-4-2-6-15(17)20(24,25)26/h2,4-8,13H,1,3,9-12H2,(H,27,29). The number of benzene rings is 1. The molecule has 0 saturated carbocycles. The minimum absolute atomic E-state index is 0.156. The minimum Gasteiger partial charge on any atom is -0.490 e. The summed E-state index contributed by atoms with van der Waals surface area (Å²) in [5.41, 5.74) is -2.01. The number of amides is 2. The zero-order chi connectivity index (χ0) is 21.9. The van der Waals surface area contributed by atoms with Crippen LogP contribution in [0.4, 0.5) is 31.1 Å². The largest absolute Gasteiger partial charge is 0.490 e. The molecule has 4 nitrogen and oxygen atoms in total. The highest BCUT2D eigenvalue weighted by Gasteiger charge is 2.38. The van der Waals surface area contributed by atoms with Crippen molar-refractivity contribution in [3.05, 3.63) is 53.3 Å². The molecule has 0 radical (unpaired) electrons. The molecule has 0 aromatic heterocycles. The molecule has 1 fully saturated rings. The second-order valence-electron chi connectivity index (χ2n) is 7.04. The highest BCUT2D eigenvalue weighted by molar-refractivity contribution is 5.77. The van der Waals surface area contributed by atoms with Gasteiger partial charge < -0.3 is 15.0 Å². The molecule has 164 valence electrons. The number of para-hydroxylation sites is 1. The number of halogens is 6. The Kier molecular flexibility index (Phi) is 6.33. The van der Waals surface area contributed by atoms with Gasteiger partial charge in [-0.05, 0) is 25.0 Å². The Morgan fingerprint density at radius 3 is 2.23 bits per heavy atom. The number of carbonyl (C=O) groups excluding carboxylic acids is 1. The normalized spacial score (nSPS) is 18.5. The number of nitrogens with one attached hydrogen (secondary N) is 1. The van der Waals surface area contributed by atoms with Gasteiger partial charge in [0.2, 0.25) is 0 Å². The molecule has 1 heterocycles. The Balaban J connectivity index is 1.57. The van der Waals surface area contributed by atoms with Crippen LogP contribution < -0.4 is 10.1 Å². The fourth-order valence-corrected chi connectivity index (χ4v) is 3.42. The molecule has 0 spiro atoms. The molecule has 2 aliphatic rings. The van der Waals surface area contributed by atoms with E-state index in [2.05, 4.69) is 5.32 Å². The van der Waals surface area contributed by atoms with E-state index in [-0.39, 0.29) is 43.8 Å². The average molecular weight is 434 g/mol. The number of ether oxygens (including phenoxy) is 1. The van der Waals surface area contributed by atoms with Crippen molar-refractivity contribution in [1.29, 1.82) is 0 Å². The molecule has 0 bridgehead atoms. The highest BCUT2D eigenvalue weighted by Crippen LogP contribution is 2.37. The van der Waals surface area contributed by atoms with E-state index in [1.165, 1.54) is 29.2 Å². The lowest BCUT2D eigenvalue weighted by Gasteiger charge is -2.33. The van der Waals surface area contributed by atoms with Crippen molar-refractivity contribution in [2.45, 2.75) is 44.1 Å². The van der Waals surface area contributed by atoms with Gasteiger partial charge in [0.1, 0.15) is 11.9 Å². The van der Waals surface area contributed by atoms with Crippen LogP contribution in [0.15, 0.2) is 47.7 Å². The molecule has 3 rings (SSSR count). The van der Waals surface area contributed by atoms with Gasteiger partial charge in [0.25, 0.3) is 0 Å². The first kappa shape index (κ1) is 22.0. The van der Waals surface area contributed by atoms with Crippen LogP contribution in [0.2, 0.25) is 0 Å². The summed E-state index contributed by atoms with van der Waals surface area (Å²) in [4.78, 5) is 13.7. The summed E-state index contributed by atoms with van der Waals surface area (Å²) in [5.74, 6) is -0.278. The molecule has 1 aliphatic heterocycles. The number of likely N-dealkylation sites (tertiary alicyclic amines) is 1. The Bertz CT molecular complexity index is 836. The van der Waals surface area contributed by atoms with E-state index in [0.29, 0.717) is 6.42 Å². The summed E-state index contributed by atoms with van der Waals surface area (Å²) < 4.78 is 84.0. The summed E-state index contributed by atoms with van der Waals surface area (Å²) in [6.45, 7) is 0.312. The topological polar surface area (TPSA) is 41.6 Å². The minimum atomic E-state index is -4.56. The summed E-state index contributed by atoms with van der Waals surface area (Å²) in [6.07, 6.45) is -6.09. The van der Waals surface area contributed by atoms with Gasteiger partial charge in [-0.25, -0.2) is 4.79 Å². The van der Waals surface area contributed by atoms with Gasteiger partial charge >= 0.3 is 18.4 Å². The number of hydrogen-bond donors (Lipinski definition) is 1. The molecule has 1 aromatic rings. The summed E-state index contributed by atoms with van der Waals surface area (Å²) in [6, 6.07) is 4.21. The van der Waals surface area contributed by atoms with Gasteiger partial charge in [-0.1, -0.05) is 24.3 Å². The van der Waals surface area contributed by atoms with Crippen LogP contribution in [-0.4, -0.2) is 36.3 Å². The van der Waals surface area contributed by atoms with E-state index in [1.54, 1.807) is 0 Å². The van der Waals surface area contributed by atoms with Crippen LogP contribution in [0.1, 0.15) is 31.2 Å². The fourth-order valence-electron chi connectivity index (χ4n) is 3.42. The molecular formula is C20H20F6N2O2. The van der Waals surface area contributed by atoms with Crippen LogP contribution in [0.25, 0.3) is 0 Å². The van der Waals surface area contributed by atoms with Gasteiger partial charge in [0.15, 0.2) is 0 Å². The predicted molar refractivity (Wildman–Crippen MR) is 96.7 cm³/mol. The fraction of sp³-hybridized carbons (Fsp3) is 0.450. The van der Waals surface area contributed by atoms with Gasteiger partial charge in [0.05, 0.1) is 16.8 Å². The molecule has 1 aliphatic carbocycles. The maximum atomic E-state index is 13.1. The van der Waals surface area contributed by atoms with Crippen molar-refractivity contribution in [3.8, 4) is 5.75 Å². The van der Waals surface area contributed by atoms with Gasteiger partial charge in [-0.15, -0.1) is 0 Å². The molecule has 1 saturated heterocycles. The average Bonchev–Trinajstić information content (AvgIpc) is 2.68. The van der Waals surface area contributed by atoms with Crippen molar-refractivity contribution in [1.82, 2.24) is 10.2 Å². The van der Waals surface area contributed by atoms with Crippen molar-refractivity contribution >= 4 is 6.03 Å². The number of allylic oxidation sites excluding steroid dienone is 3. The van der Waals surface area contributed by atoms with E-state index in [0.717, 1.165) is 12.1 Å². The van der Waals surface area contributed by atoms with Crippen molar-refractivity contribution in [3.63, 3.8) is 0 Å². The van der Waals surface area contributed by atoms with Crippen LogP contribution in [0.3, 0.4) is 0 Å². The van der Waals surface area contributed by atoms with E-state index in [9.17, 15) is 31.1 Å². The van der Waals surface area contributed by atoms with Crippen LogP contribution >= 0.6 is 0 Å². The Morgan fingerprint density at radius 2 is 1.60 bits per heavy atom. The van der Waals surface area contributed by atoms with Crippen molar-refractivity contribution < 1.29 is 35.9 Å². The van der Waals surface area contributed by atoms with E-state index >= 15 is 0 Å². The predicted octanol–water partition coefficient (Wildman–Crippen LogP) is 5.42. The monoisotopic (exact) mass is 434 g/mol. The Morgan fingerprint density at radius 1 is 0.967 bits per heavy atom. The molecule has 1 aromatic carbocycles. The molecule has 0 unspecified atom stereocenters. The lowest BCUT2D eigenvalue weighted by Crippen LogP contribution is -2.47. The van der Waals surface area contributed by atoms with Crippen molar-refractivity contribution in [2.24, 2.45) is 0 Å². The summed E-state index contributed by atoms with van der Waals surface area (Å²) in [5, 5.41) is 2.31. The molecule has 1 N–H and O–H groups in total. The maximum absolute atomic E-state index is 13.1. The highest BCUT2D eigenvalue weighted by atomic mass is 19.4. The summed E-state index contributed by atoms with van der Waals surface area (Å²) in [7, 11) is 0. The summed E-state index contributed by atoms with van der Waals surface area (Å²) >= 11 is 0. The molecule has 2 amide bonds. The Labute approximate surface area is 169 Å². The number of urea groups is 1. The first-order chi connectivity index (χ1) is 14.1. The van der Waals surface area contributed by atoms with Gasteiger partial charge in [-0.2, -0.15) is 26.3 Å². The van der Waals surface area contributed by atoms with Gasteiger partial charge in [0, 0.05) is 25.9 Å². The van der Waals surface area contributed by atoms with Crippen LogP contribution in [-0.2, 0) is 6.18 Å². The smallest absolute Gasteiger partial charge is 0.419 e. The van der Waals surface area contributed by atoms with Crippen LogP contribution in [0, 0.1) is 0 Å². The van der Waals surface area contributed by atoms with E-state index < -0.39 is 35.6 Å². The molecule has 0 atom stereocenters. The quantitative estimate of drug-likeness (QED) is 0.645. The molecule has 30 heavy (non-hydrogen) atoms. The third-order valence-corrected chi connectivity index (χ3v) is 4.92. The second-order valence-corrected chi connectivity index (χ2v) is 7.04. The van der Waals surface area contributed by atoms with Crippen molar-refractivity contribution in [2.75, 3.05) is 13.1 Å². The van der Waals surface area contributed by atoms with Gasteiger partial charge in [-0.3, -0.25) is 0 Å². The zero-order valence-electron chi connectivity index (χ0n) is 15.8. The molecular weight excluding hydrogens is 414 g/mol. The van der Waals surface area contributed by atoms with E-state index in [4.69, 9.17) is 4.74 Å². The van der Waals surface area contributed by atoms with Crippen LogP contribution in [0.5, 0.6) is 5.75 Å². The second kappa shape index (κ2) is 8.61. The third kappa shape index (κ3) is 5.28.